The Morgan fingerprint density at radius 3 is 2.59 bits per heavy atom. The van der Waals surface area contributed by atoms with Gasteiger partial charge in [-0.2, -0.15) is 0 Å². The predicted octanol–water partition coefficient (Wildman–Crippen LogP) is 1.54. The Morgan fingerprint density at radius 2 is 1.95 bits per heavy atom. The molecule has 0 aromatic heterocycles. The van der Waals surface area contributed by atoms with Gasteiger partial charge in [0.2, 0.25) is 5.91 Å². The molecule has 4 amide bonds. The maximum absolute atomic E-state index is 12.4. The first-order valence-electron chi connectivity index (χ1n) is 7.45. The fraction of sp³-hybridized carbons (Fsp3) is 0.438. The number of rotatable bonds is 6. The van der Waals surface area contributed by atoms with Crippen LogP contribution in [0, 0.1) is 0 Å². The van der Waals surface area contributed by atoms with Gasteiger partial charge in [0.25, 0.3) is 5.91 Å². The molecule has 0 spiro atoms. The van der Waals surface area contributed by atoms with Crippen LogP contribution in [0.5, 0.6) is 0 Å². The van der Waals surface area contributed by atoms with Gasteiger partial charge in [-0.3, -0.25) is 14.5 Å². The molecule has 1 atom stereocenters. The molecule has 2 rings (SSSR count). The molecule has 6 nitrogen and oxygen atoms in total. The Hall–Kier alpha value is -2.37. The Balaban J connectivity index is 2.02. The first-order valence-corrected chi connectivity index (χ1v) is 7.45. The van der Waals surface area contributed by atoms with Crippen LogP contribution in [0.3, 0.4) is 0 Å². The summed E-state index contributed by atoms with van der Waals surface area (Å²) in [6.07, 6.45) is 1.88. The van der Waals surface area contributed by atoms with E-state index in [1.165, 1.54) is 0 Å². The van der Waals surface area contributed by atoms with Gasteiger partial charge in [-0.15, -0.1) is 0 Å². The molecule has 1 saturated heterocycles. The molecule has 0 bridgehead atoms. The number of carbonyl (C=O) groups is 3. The maximum Gasteiger partial charge on any atom is 0.325 e. The standard InChI is InChI=1S/C16H21N3O3/c1-3-4-10-18(2)13(20)11-19-15(21)14(17-16(19)22)12-8-6-5-7-9-12/h5-9,14H,3-4,10-11H2,1-2H3,(H,17,22). The van der Waals surface area contributed by atoms with Crippen LogP contribution in [0.25, 0.3) is 0 Å². The second-order valence-electron chi connectivity index (χ2n) is 5.39. The van der Waals surface area contributed by atoms with Crippen LogP contribution >= 0.6 is 0 Å². The van der Waals surface area contributed by atoms with Crippen molar-refractivity contribution in [2.45, 2.75) is 25.8 Å². The summed E-state index contributed by atoms with van der Waals surface area (Å²) in [5, 5.41) is 2.62. The summed E-state index contributed by atoms with van der Waals surface area (Å²) < 4.78 is 0. The van der Waals surface area contributed by atoms with Crippen LogP contribution in [0.15, 0.2) is 30.3 Å². The van der Waals surface area contributed by atoms with Crippen molar-refractivity contribution in [2.24, 2.45) is 0 Å². The topological polar surface area (TPSA) is 69.7 Å². The molecule has 1 heterocycles. The third-order valence-corrected chi connectivity index (χ3v) is 3.73. The average Bonchev–Trinajstić information content (AvgIpc) is 2.81. The van der Waals surface area contributed by atoms with Gasteiger partial charge in [0.05, 0.1) is 0 Å². The number of nitrogens with zero attached hydrogens (tertiary/aromatic N) is 2. The fourth-order valence-corrected chi connectivity index (χ4v) is 2.32. The van der Waals surface area contributed by atoms with Gasteiger partial charge < -0.3 is 10.2 Å². The number of imide groups is 1. The Labute approximate surface area is 130 Å². The normalized spacial score (nSPS) is 17.5. The maximum atomic E-state index is 12.4. The summed E-state index contributed by atoms with van der Waals surface area (Å²) in [5.41, 5.74) is 0.718. The van der Waals surface area contributed by atoms with Gasteiger partial charge in [0.1, 0.15) is 12.6 Å². The Morgan fingerprint density at radius 1 is 1.27 bits per heavy atom. The largest absolute Gasteiger partial charge is 0.344 e. The molecule has 1 N–H and O–H groups in total. The number of urea groups is 1. The third kappa shape index (κ3) is 3.44. The van der Waals surface area contributed by atoms with Crippen molar-refractivity contribution >= 4 is 17.8 Å². The molecule has 1 aromatic rings. The van der Waals surface area contributed by atoms with Gasteiger partial charge in [-0.25, -0.2) is 4.79 Å². The van der Waals surface area contributed by atoms with E-state index in [1.807, 2.05) is 13.0 Å². The summed E-state index contributed by atoms with van der Waals surface area (Å²) in [5.74, 6) is -0.612. The van der Waals surface area contributed by atoms with Crippen LogP contribution in [0.4, 0.5) is 4.79 Å². The third-order valence-electron chi connectivity index (χ3n) is 3.73. The van der Waals surface area contributed by atoms with Crippen molar-refractivity contribution in [3.63, 3.8) is 0 Å². The highest BCUT2D eigenvalue weighted by Crippen LogP contribution is 2.21. The highest BCUT2D eigenvalue weighted by molar-refractivity contribution is 6.06. The van der Waals surface area contributed by atoms with E-state index in [2.05, 4.69) is 5.32 Å². The number of carbonyl (C=O) groups excluding carboxylic acids is 3. The van der Waals surface area contributed by atoms with E-state index in [-0.39, 0.29) is 18.4 Å². The minimum absolute atomic E-state index is 0.214. The van der Waals surface area contributed by atoms with Crippen molar-refractivity contribution in [3.8, 4) is 0 Å². The lowest BCUT2D eigenvalue weighted by atomic mass is 10.1. The predicted molar refractivity (Wildman–Crippen MR) is 82.0 cm³/mol. The lowest BCUT2D eigenvalue weighted by Gasteiger charge is -2.20. The molecule has 0 radical (unpaired) electrons. The summed E-state index contributed by atoms with van der Waals surface area (Å²) in [4.78, 5) is 39.0. The molecular formula is C16H21N3O3. The van der Waals surface area contributed by atoms with Gasteiger partial charge in [-0.05, 0) is 12.0 Å². The molecular weight excluding hydrogens is 282 g/mol. The zero-order valence-corrected chi connectivity index (χ0v) is 12.9. The van der Waals surface area contributed by atoms with Crippen LogP contribution in [-0.4, -0.2) is 47.8 Å². The van der Waals surface area contributed by atoms with Crippen molar-refractivity contribution in [3.05, 3.63) is 35.9 Å². The lowest BCUT2D eigenvalue weighted by Crippen LogP contribution is -2.42. The molecule has 1 aromatic carbocycles. The van der Waals surface area contributed by atoms with E-state index in [1.54, 1.807) is 36.2 Å². The van der Waals surface area contributed by atoms with E-state index in [9.17, 15) is 14.4 Å². The van der Waals surface area contributed by atoms with Gasteiger partial charge in [-0.1, -0.05) is 43.7 Å². The molecule has 118 valence electrons. The zero-order chi connectivity index (χ0) is 16.1. The number of hydrogen-bond donors (Lipinski definition) is 1. The summed E-state index contributed by atoms with van der Waals surface area (Å²) >= 11 is 0. The van der Waals surface area contributed by atoms with Gasteiger partial charge >= 0.3 is 6.03 Å². The molecule has 1 aliphatic heterocycles. The second kappa shape index (κ2) is 7.06. The lowest BCUT2D eigenvalue weighted by molar-refractivity contribution is -0.136. The van der Waals surface area contributed by atoms with Crippen LogP contribution in [-0.2, 0) is 9.59 Å². The van der Waals surface area contributed by atoms with Gasteiger partial charge in [0.15, 0.2) is 0 Å². The van der Waals surface area contributed by atoms with Crippen molar-refractivity contribution in [1.82, 2.24) is 15.1 Å². The SMILES string of the molecule is CCCCN(C)C(=O)CN1C(=O)NC(c2ccccc2)C1=O. The minimum atomic E-state index is -0.706. The highest BCUT2D eigenvalue weighted by atomic mass is 16.2. The molecule has 0 aliphatic carbocycles. The number of amides is 4. The molecule has 6 heteroatoms. The van der Waals surface area contributed by atoms with E-state index < -0.39 is 12.1 Å². The van der Waals surface area contributed by atoms with E-state index in [0.29, 0.717) is 6.54 Å². The zero-order valence-electron chi connectivity index (χ0n) is 12.9. The molecule has 22 heavy (non-hydrogen) atoms. The average molecular weight is 303 g/mol. The number of hydrogen-bond acceptors (Lipinski definition) is 3. The van der Waals surface area contributed by atoms with Crippen molar-refractivity contribution < 1.29 is 14.4 Å². The summed E-state index contributed by atoms with van der Waals surface area (Å²) in [7, 11) is 1.69. The number of likely N-dealkylation sites (N-methyl/N-ethyl adjacent to an activating group) is 1. The van der Waals surface area contributed by atoms with Crippen LogP contribution in [0.1, 0.15) is 31.4 Å². The minimum Gasteiger partial charge on any atom is -0.344 e. The first kappa shape index (κ1) is 16.0. The highest BCUT2D eigenvalue weighted by Gasteiger charge is 2.40. The van der Waals surface area contributed by atoms with E-state index in [4.69, 9.17) is 0 Å². The monoisotopic (exact) mass is 303 g/mol. The van der Waals surface area contributed by atoms with Crippen molar-refractivity contribution in [1.29, 1.82) is 0 Å². The quantitative estimate of drug-likeness (QED) is 0.810. The Kier molecular flexibility index (Phi) is 5.14. The molecule has 1 fully saturated rings. The smallest absolute Gasteiger partial charge is 0.325 e. The van der Waals surface area contributed by atoms with E-state index >= 15 is 0 Å². The fourth-order valence-electron chi connectivity index (χ4n) is 2.32. The summed E-state index contributed by atoms with van der Waals surface area (Å²) in [6.45, 7) is 2.45. The number of benzene rings is 1. The van der Waals surface area contributed by atoms with Gasteiger partial charge in [0, 0.05) is 13.6 Å². The van der Waals surface area contributed by atoms with Crippen molar-refractivity contribution in [2.75, 3.05) is 20.1 Å². The van der Waals surface area contributed by atoms with Crippen LogP contribution in [0.2, 0.25) is 0 Å². The Bertz CT molecular complexity index is 559. The van der Waals surface area contributed by atoms with E-state index in [0.717, 1.165) is 23.3 Å². The first-order chi connectivity index (χ1) is 10.5. The second-order valence-corrected chi connectivity index (χ2v) is 5.39. The molecule has 1 unspecified atom stereocenters. The number of unbranched alkanes of at least 4 members (excludes halogenated alkanes) is 1. The van der Waals surface area contributed by atoms with Crippen LogP contribution < -0.4 is 5.32 Å². The number of nitrogens with one attached hydrogen (secondary N) is 1. The molecule has 0 saturated carbocycles. The summed E-state index contributed by atoms with van der Waals surface area (Å²) in [6, 6.07) is 7.79. The molecule has 1 aliphatic rings.